The number of hydrogen-bond donors (Lipinski definition) is 2. The van der Waals surface area contributed by atoms with Crippen LogP contribution < -0.4 is 11.1 Å². The van der Waals surface area contributed by atoms with Gasteiger partial charge >= 0.3 is 0 Å². The van der Waals surface area contributed by atoms with E-state index in [4.69, 9.17) is 10.5 Å². The van der Waals surface area contributed by atoms with Gasteiger partial charge in [-0.1, -0.05) is 6.92 Å². The summed E-state index contributed by atoms with van der Waals surface area (Å²) in [5.74, 6) is -0.0337. The summed E-state index contributed by atoms with van der Waals surface area (Å²) < 4.78 is 5.64. The fraction of sp³-hybridized carbons (Fsp3) is 0.900. The first-order valence-corrected chi connectivity index (χ1v) is 5.42. The first kappa shape index (κ1) is 12.7. The number of amides is 1. The third-order valence-corrected chi connectivity index (χ3v) is 3.21. The van der Waals surface area contributed by atoms with Crippen LogP contribution in [0.4, 0.5) is 0 Å². The molecular formula is C10H19ClN2O2. The van der Waals surface area contributed by atoms with Crippen LogP contribution in [-0.4, -0.2) is 30.2 Å². The number of nitrogens with two attached hydrogens (primary N) is 1. The Morgan fingerprint density at radius 3 is 2.80 bits per heavy atom. The van der Waals surface area contributed by atoms with Gasteiger partial charge in [-0.25, -0.2) is 0 Å². The second kappa shape index (κ2) is 5.14. The van der Waals surface area contributed by atoms with Gasteiger partial charge in [-0.05, 0) is 25.7 Å². The van der Waals surface area contributed by atoms with E-state index in [1.807, 2.05) is 6.92 Å². The Kier molecular flexibility index (Phi) is 4.37. The van der Waals surface area contributed by atoms with Crippen molar-refractivity contribution in [2.45, 2.75) is 56.9 Å². The first-order chi connectivity index (χ1) is 6.70. The number of carbonyl (C=O) groups excluding carboxylic acids is 1. The van der Waals surface area contributed by atoms with E-state index in [0.29, 0.717) is 12.5 Å². The first-order valence-electron chi connectivity index (χ1n) is 5.42. The van der Waals surface area contributed by atoms with Gasteiger partial charge in [0.15, 0.2) is 0 Å². The summed E-state index contributed by atoms with van der Waals surface area (Å²) in [6.07, 6.45) is 4.50. The van der Waals surface area contributed by atoms with Crippen LogP contribution in [0.15, 0.2) is 0 Å². The molecule has 3 N–H and O–H groups in total. The van der Waals surface area contributed by atoms with E-state index in [0.717, 1.165) is 19.3 Å². The van der Waals surface area contributed by atoms with Crippen LogP contribution in [0, 0.1) is 0 Å². The van der Waals surface area contributed by atoms with Crippen LogP contribution in [-0.2, 0) is 9.53 Å². The lowest BCUT2D eigenvalue weighted by molar-refractivity contribution is -0.123. The second-order valence-electron chi connectivity index (χ2n) is 4.24. The molecule has 2 bridgehead atoms. The summed E-state index contributed by atoms with van der Waals surface area (Å²) in [5, 5.41) is 2.97. The highest BCUT2D eigenvalue weighted by atomic mass is 35.5. The molecule has 2 heterocycles. The molecular weight excluding hydrogens is 216 g/mol. The van der Waals surface area contributed by atoms with Gasteiger partial charge < -0.3 is 15.8 Å². The van der Waals surface area contributed by atoms with Crippen molar-refractivity contribution in [2.75, 3.05) is 0 Å². The van der Waals surface area contributed by atoms with Gasteiger partial charge in [0.1, 0.15) is 0 Å². The Labute approximate surface area is 96.3 Å². The van der Waals surface area contributed by atoms with Crippen LogP contribution in [0.5, 0.6) is 0 Å². The Hall–Kier alpha value is -0.320. The SMILES string of the molecule is CC[C@H](N)C(=O)N[C@@H]1C[C@H]2CC[C@@H]1O2.Cl. The normalized spacial score (nSPS) is 34.7. The molecule has 4 atom stereocenters. The lowest BCUT2D eigenvalue weighted by Crippen LogP contribution is -2.48. The molecule has 0 aromatic carbocycles. The highest BCUT2D eigenvalue weighted by Crippen LogP contribution is 2.34. The molecule has 0 unspecified atom stereocenters. The summed E-state index contributed by atoms with van der Waals surface area (Å²) >= 11 is 0. The smallest absolute Gasteiger partial charge is 0.237 e. The quantitative estimate of drug-likeness (QED) is 0.751. The molecule has 15 heavy (non-hydrogen) atoms. The summed E-state index contributed by atoms with van der Waals surface area (Å²) in [6.45, 7) is 1.92. The van der Waals surface area contributed by atoms with Crippen molar-refractivity contribution in [3.8, 4) is 0 Å². The predicted octanol–water partition coefficient (Wildman–Crippen LogP) is 0.582. The number of halogens is 1. The van der Waals surface area contributed by atoms with Crippen molar-refractivity contribution in [3.63, 3.8) is 0 Å². The lowest BCUT2D eigenvalue weighted by atomic mass is 9.95. The minimum atomic E-state index is -0.367. The van der Waals surface area contributed by atoms with Gasteiger partial charge in [-0.15, -0.1) is 12.4 Å². The van der Waals surface area contributed by atoms with E-state index in [-0.39, 0.29) is 36.5 Å². The fourth-order valence-electron chi connectivity index (χ4n) is 2.26. The summed E-state index contributed by atoms with van der Waals surface area (Å²) in [5.41, 5.74) is 5.64. The molecule has 2 saturated heterocycles. The number of nitrogens with one attached hydrogen (secondary N) is 1. The maximum atomic E-state index is 11.5. The molecule has 2 aliphatic heterocycles. The van der Waals surface area contributed by atoms with E-state index in [1.165, 1.54) is 0 Å². The average Bonchev–Trinajstić information content (AvgIpc) is 2.77. The van der Waals surface area contributed by atoms with Crippen molar-refractivity contribution >= 4 is 18.3 Å². The Bertz CT molecular complexity index is 237. The molecule has 0 saturated carbocycles. The van der Waals surface area contributed by atoms with Crippen molar-refractivity contribution in [1.29, 1.82) is 0 Å². The van der Waals surface area contributed by atoms with Crippen molar-refractivity contribution in [2.24, 2.45) is 5.73 Å². The third-order valence-electron chi connectivity index (χ3n) is 3.21. The maximum Gasteiger partial charge on any atom is 0.237 e. The monoisotopic (exact) mass is 234 g/mol. The highest BCUT2D eigenvalue weighted by molar-refractivity contribution is 5.85. The largest absolute Gasteiger partial charge is 0.373 e. The zero-order valence-corrected chi connectivity index (χ0v) is 9.76. The topological polar surface area (TPSA) is 64.4 Å². The van der Waals surface area contributed by atoms with E-state index < -0.39 is 0 Å². The van der Waals surface area contributed by atoms with Crippen LogP contribution in [0.25, 0.3) is 0 Å². The minimum Gasteiger partial charge on any atom is -0.373 e. The number of fused-ring (bicyclic) bond motifs is 2. The molecule has 0 aromatic rings. The number of carbonyl (C=O) groups is 1. The average molecular weight is 235 g/mol. The summed E-state index contributed by atoms with van der Waals surface area (Å²) in [6, 6.07) is -0.159. The molecule has 0 spiro atoms. The van der Waals surface area contributed by atoms with Gasteiger partial charge in [0.25, 0.3) is 0 Å². The summed E-state index contributed by atoms with van der Waals surface area (Å²) in [4.78, 5) is 11.5. The van der Waals surface area contributed by atoms with Crippen LogP contribution in [0.1, 0.15) is 32.6 Å². The molecule has 5 heteroatoms. The Balaban J connectivity index is 0.00000112. The highest BCUT2D eigenvalue weighted by Gasteiger charge is 2.41. The van der Waals surface area contributed by atoms with Crippen molar-refractivity contribution < 1.29 is 9.53 Å². The van der Waals surface area contributed by atoms with E-state index in [1.54, 1.807) is 0 Å². The molecule has 88 valence electrons. The van der Waals surface area contributed by atoms with Crippen LogP contribution in [0.2, 0.25) is 0 Å². The van der Waals surface area contributed by atoms with E-state index in [9.17, 15) is 4.79 Å². The predicted molar refractivity (Wildman–Crippen MR) is 60.0 cm³/mol. The fourth-order valence-corrected chi connectivity index (χ4v) is 2.26. The van der Waals surface area contributed by atoms with E-state index in [2.05, 4.69) is 5.32 Å². The molecule has 0 aliphatic carbocycles. The lowest BCUT2D eigenvalue weighted by Gasteiger charge is -2.21. The summed E-state index contributed by atoms with van der Waals surface area (Å²) in [7, 11) is 0. The van der Waals surface area contributed by atoms with Crippen molar-refractivity contribution in [3.05, 3.63) is 0 Å². The second-order valence-corrected chi connectivity index (χ2v) is 4.24. The maximum absolute atomic E-state index is 11.5. The molecule has 0 aromatic heterocycles. The zero-order valence-electron chi connectivity index (χ0n) is 8.94. The van der Waals surface area contributed by atoms with Gasteiger partial charge in [-0.2, -0.15) is 0 Å². The molecule has 2 fully saturated rings. The van der Waals surface area contributed by atoms with Crippen LogP contribution in [0.3, 0.4) is 0 Å². The third kappa shape index (κ3) is 2.62. The zero-order chi connectivity index (χ0) is 10.1. The molecule has 0 radical (unpaired) electrons. The molecule has 2 rings (SSSR count). The van der Waals surface area contributed by atoms with Gasteiger partial charge in [0.2, 0.25) is 5.91 Å². The number of hydrogen-bond acceptors (Lipinski definition) is 3. The van der Waals surface area contributed by atoms with Crippen molar-refractivity contribution in [1.82, 2.24) is 5.32 Å². The minimum absolute atomic E-state index is 0. The Morgan fingerprint density at radius 2 is 2.33 bits per heavy atom. The molecule has 4 nitrogen and oxygen atoms in total. The molecule has 1 amide bonds. The molecule has 2 aliphatic rings. The standard InChI is InChI=1S/C10H18N2O2.ClH/c1-2-7(11)10(13)12-8-5-6-3-4-9(8)14-6;/h6-9H,2-5,11H2,1H3,(H,12,13);1H/t6-,7+,8-,9+;/m1./s1. The number of rotatable bonds is 3. The van der Waals surface area contributed by atoms with Gasteiger partial charge in [0.05, 0.1) is 24.3 Å². The number of ether oxygens (including phenoxy) is 1. The van der Waals surface area contributed by atoms with Gasteiger partial charge in [0, 0.05) is 0 Å². The van der Waals surface area contributed by atoms with E-state index >= 15 is 0 Å². The van der Waals surface area contributed by atoms with Gasteiger partial charge in [-0.3, -0.25) is 4.79 Å². The Morgan fingerprint density at radius 1 is 1.60 bits per heavy atom. The van der Waals surface area contributed by atoms with Crippen LogP contribution >= 0.6 is 12.4 Å².